The molecule has 1 saturated heterocycles. The van der Waals surface area contributed by atoms with E-state index < -0.39 is 10.0 Å². The molecule has 1 unspecified atom stereocenters. The summed E-state index contributed by atoms with van der Waals surface area (Å²) in [6.45, 7) is 4.85. The van der Waals surface area contributed by atoms with Crippen LogP contribution in [0.3, 0.4) is 0 Å². The van der Waals surface area contributed by atoms with Crippen molar-refractivity contribution >= 4 is 50.0 Å². The normalized spacial score (nSPS) is 22.6. The monoisotopic (exact) mass is 416 g/mol. The summed E-state index contributed by atoms with van der Waals surface area (Å²) in [6.07, 6.45) is 0.663. The number of rotatable bonds is 2. The Morgan fingerprint density at radius 3 is 2.57 bits per heavy atom. The molecule has 1 aromatic carbocycles. The molecule has 21 heavy (non-hydrogen) atoms. The summed E-state index contributed by atoms with van der Waals surface area (Å²) in [7, 11) is -3.52. The van der Waals surface area contributed by atoms with E-state index in [1.165, 1.54) is 10.4 Å². The van der Waals surface area contributed by atoms with Gasteiger partial charge in [-0.2, -0.15) is 4.31 Å². The number of hydrogen-bond acceptors (Lipinski definition) is 3. The average Bonchev–Trinajstić information content (AvgIpc) is 2.35. The van der Waals surface area contributed by atoms with Gasteiger partial charge in [0.15, 0.2) is 0 Å². The van der Waals surface area contributed by atoms with Crippen LogP contribution in [0.2, 0.25) is 5.02 Å². The summed E-state index contributed by atoms with van der Waals surface area (Å²) in [6, 6.07) is 4.70. The largest absolute Gasteiger partial charge is 0.327 e. The van der Waals surface area contributed by atoms with Gasteiger partial charge in [-0.25, -0.2) is 8.42 Å². The number of benzene rings is 1. The standard InChI is InChI=1S/C13H18BrClN2O2S.ClH/c1-13(2)8-17(6-5-12(13)16)20(18,19)9-3-4-10(14)11(15)7-9;/h3-4,7,12H,5-6,8,16H2,1-2H3;1H. The van der Waals surface area contributed by atoms with Gasteiger partial charge in [0.1, 0.15) is 0 Å². The number of piperidine rings is 1. The average molecular weight is 418 g/mol. The van der Waals surface area contributed by atoms with E-state index >= 15 is 0 Å². The van der Waals surface area contributed by atoms with Crippen LogP contribution in [-0.4, -0.2) is 31.9 Å². The maximum absolute atomic E-state index is 12.7. The van der Waals surface area contributed by atoms with Crippen LogP contribution < -0.4 is 5.73 Å². The molecule has 1 aromatic rings. The molecule has 1 aliphatic heterocycles. The Labute approximate surface area is 145 Å². The van der Waals surface area contributed by atoms with E-state index in [1.807, 2.05) is 13.8 Å². The zero-order chi connectivity index (χ0) is 15.1. The lowest BCUT2D eigenvalue weighted by Crippen LogP contribution is -2.53. The summed E-state index contributed by atoms with van der Waals surface area (Å²) >= 11 is 9.25. The fourth-order valence-corrected chi connectivity index (χ4v) is 4.46. The Kier molecular flexibility index (Phi) is 6.15. The maximum Gasteiger partial charge on any atom is 0.243 e. The lowest BCUT2D eigenvalue weighted by molar-refractivity contribution is 0.155. The fraction of sp³-hybridized carbons (Fsp3) is 0.538. The third-order valence-corrected chi connectivity index (χ3v) is 6.88. The molecule has 1 aliphatic rings. The molecule has 1 atom stereocenters. The van der Waals surface area contributed by atoms with Crippen LogP contribution in [0.25, 0.3) is 0 Å². The molecule has 1 fully saturated rings. The van der Waals surface area contributed by atoms with Gasteiger partial charge >= 0.3 is 0 Å². The number of nitrogens with two attached hydrogens (primary N) is 1. The van der Waals surface area contributed by atoms with E-state index in [0.29, 0.717) is 29.0 Å². The van der Waals surface area contributed by atoms with Crippen molar-refractivity contribution in [1.82, 2.24) is 4.31 Å². The first-order chi connectivity index (χ1) is 9.14. The second-order valence-electron chi connectivity index (χ2n) is 5.80. The lowest BCUT2D eigenvalue weighted by Gasteiger charge is -2.41. The zero-order valence-corrected chi connectivity index (χ0v) is 15.8. The van der Waals surface area contributed by atoms with Gasteiger partial charge in [-0.3, -0.25) is 0 Å². The molecule has 8 heteroatoms. The van der Waals surface area contributed by atoms with E-state index in [1.54, 1.807) is 12.1 Å². The molecule has 0 bridgehead atoms. The third-order valence-electron chi connectivity index (χ3n) is 3.81. The molecule has 0 aromatic heterocycles. The minimum Gasteiger partial charge on any atom is -0.327 e. The van der Waals surface area contributed by atoms with E-state index in [4.69, 9.17) is 17.3 Å². The van der Waals surface area contributed by atoms with Gasteiger partial charge in [-0.1, -0.05) is 25.4 Å². The fourth-order valence-electron chi connectivity index (χ4n) is 2.32. The molecule has 0 aliphatic carbocycles. The van der Waals surface area contributed by atoms with Gasteiger partial charge in [0.25, 0.3) is 0 Å². The molecule has 0 spiro atoms. The summed E-state index contributed by atoms with van der Waals surface area (Å²) in [5.41, 5.74) is 5.82. The number of hydrogen-bond donors (Lipinski definition) is 1. The van der Waals surface area contributed by atoms with Crippen LogP contribution in [-0.2, 0) is 10.0 Å². The first kappa shape index (κ1) is 19.2. The Bertz CT molecular complexity index is 623. The molecular weight excluding hydrogens is 399 g/mol. The van der Waals surface area contributed by atoms with Crippen LogP contribution in [0, 0.1) is 5.41 Å². The SMILES string of the molecule is CC1(C)CN(S(=O)(=O)c2ccc(Br)c(Cl)c2)CCC1N.Cl. The number of nitrogens with zero attached hydrogens (tertiary/aromatic N) is 1. The maximum atomic E-state index is 12.7. The van der Waals surface area contributed by atoms with Gasteiger partial charge in [-0.15, -0.1) is 12.4 Å². The molecule has 0 radical (unpaired) electrons. The van der Waals surface area contributed by atoms with E-state index in [-0.39, 0.29) is 28.8 Å². The molecule has 0 saturated carbocycles. The van der Waals surface area contributed by atoms with Gasteiger partial charge < -0.3 is 5.73 Å². The van der Waals surface area contributed by atoms with Crippen molar-refractivity contribution in [1.29, 1.82) is 0 Å². The minimum absolute atomic E-state index is 0. The molecule has 120 valence electrons. The third kappa shape index (κ3) is 3.92. The zero-order valence-electron chi connectivity index (χ0n) is 11.8. The van der Waals surface area contributed by atoms with Crippen molar-refractivity contribution in [2.24, 2.45) is 11.1 Å². The predicted molar refractivity (Wildman–Crippen MR) is 91.5 cm³/mol. The van der Waals surface area contributed by atoms with Crippen LogP contribution >= 0.6 is 39.9 Å². The highest BCUT2D eigenvalue weighted by atomic mass is 79.9. The minimum atomic E-state index is -3.52. The van der Waals surface area contributed by atoms with Gasteiger partial charge in [0.05, 0.1) is 9.92 Å². The molecule has 1 heterocycles. The van der Waals surface area contributed by atoms with Crippen LogP contribution in [0.15, 0.2) is 27.6 Å². The van der Waals surface area contributed by atoms with Crippen LogP contribution in [0.1, 0.15) is 20.3 Å². The Morgan fingerprint density at radius 2 is 2.05 bits per heavy atom. The van der Waals surface area contributed by atoms with Crippen molar-refractivity contribution in [3.63, 3.8) is 0 Å². The Balaban J connectivity index is 0.00000220. The molecule has 2 N–H and O–H groups in total. The van der Waals surface area contributed by atoms with Crippen LogP contribution in [0.5, 0.6) is 0 Å². The summed E-state index contributed by atoms with van der Waals surface area (Å²) in [5, 5.41) is 0.388. The van der Waals surface area contributed by atoms with Crippen molar-refractivity contribution < 1.29 is 8.42 Å². The highest BCUT2D eigenvalue weighted by molar-refractivity contribution is 9.10. The number of sulfonamides is 1. The quantitative estimate of drug-likeness (QED) is 0.802. The van der Waals surface area contributed by atoms with Gasteiger partial charge in [-0.05, 0) is 46.0 Å². The second-order valence-corrected chi connectivity index (χ2v) is 9.00. The Morgan fingerprint density at radius 1 is 1.43 bits per heavy atom. The molecular formula is C13H19BrCl2N2O2S. The first-order valence-electron chi connectivity index (χ1n) is 6.35. The van der Waals surface area contributed by atoms with Crippen LogP contribution in [0.4, 0.5) is 0 Å². The lowest BCUT2D eigenvalue weighted by atomic mass is 9.81. The second kappa shape index (κ2) is 6.72. The smallest absolute Gasteiger partial charge is 0.243 e. The summed E-state index contributed by atoms with van der Waals surface area (Å²) in [5.74, 6) is 0. The molecule has 2 rings (SSSR count). The highest BCUT2D eigenvalue weighted by Gasteiger charge is 2.38. The van der Waals surface area contributed by atoms with E-state index in [9.17, 15) is 8.42 Å². The van der Waals surface area contributed by atoms with Crippen molar-refractivity contribution in [2.75, 3.05) is 13.1 Å². The van der Waals surface area contributed by atoms with Crippen molar-refractivity contribution in [2.45, 2.75) is 31.2 Å². The molecule has 0 amide bonds. The van der Waals surface area contributed by atoms with Gasteiger partial charge in [0, 0.05) is 23.6 Å². The van der Waals surface area contributed by atoms with Crippen molar-refractivity contribution in [3.8, 4) is 0 Å². The van der Waals surface area contributed by atoms with E-state index in [2.05, 4.69) is 15.9 Å². The predicted octanol–water partition coefficient (Wildman–Crippen LogP) is 3.27. The Hall–Kier alpha value is 0.150. The van der Waals surface area contributed by atoms with Crippen molar-refractivity contribution in [3.05, 3.63) is 27.7 Å². The topological polar surface area (TPSA) is 63.4 Å². The summed E-state index contributed by atoms with van der Waals surface area (Å²) < 4.78 is 27.5. The van der Waals surface area contributed by atoms with E-state index in [0.717, 1.165) is 0 Å². The highest BCUT2D eigenvalue weighted by Crippen LogP contribution is 2.32. The first-order valence-corrected chi connectivity index (χ1v) is 8.96. The summed E-state index contributed by atoms with van der Waals surface area (Å²) in [4.78, 5) is 0.219. The number of halogens is 3. The molecule has 4 nitrogen and oxygen atoms in total. The van der Waals surface area contributed by atoms with Gasteiger partial charge in [0.2, 0.25) is 10.0 Å².